The van der Waals surface area contributed by atoms with Crippen LogP contribution in [0.3, 0.4) is 0 Å². The summed E-state index contributed by atoms with van der Waals surface area (Å²) < 4.78 is 22.2. The lowest BCUT2D eigenvalue weighted by molar-refractivity contribution is -0.121. The van der Waals surface area contributed by atoms with E-state index in [1.807, 2.05) is 43.3 Å². The number of amides is 1. The first-order valence-corrected chi connectivity index (χ1v) is 10.9. The largest absolute Gasteiger partial charge is 0.493 e. The maximum atomic E-state index is 12.5. The summed E-state index contributed by atoms with van der Waals surface area (Å²) in [5.41, 5.74) is 2.00. The van der Waals surface area contributed by atoms with E-state index >= 15 is 0 Å². The molecule has 0 bridgehead atoms. The Balaban J connectivity index is 1.98. The van der Waals surface area contributed by atoms with Gasteiger partial charge >= 0.3 is 0 Å². The van der Waals surface area contributed by atoms with Crippen molar-refractivity contribution >= 4 is 5.91 Å². The van der Waals surface area contributed by atoms with Crippen molar-refractivity contribution in [1.29, 1.82) is 0 Å². The smallest absolute Gasteiger partial charge is 0.220 e. The van der Waals surface area contributed by atoms with Crippen molar-refractivity contribution in [2.45, 2.75) is 52.5 Å². The van der Waals surface area contributed by atoms with Crippen molar-refractivity contribution in [3.63, 3.8) is 0 Å². The third kappa shape index (κ3) is 7.39. The van der Waals surface area contributed by atoms with Crippen LogP contribution < -0.4 is 24.3 Å². The summed E-state index contributed by atoms with van der Waals surface area (Å²) in [5.74, 6) is 2.80. The summed E-state index contributed by atoms with van der Waals surface area (Å²) in [7, 11) is 3.21. The molecule has 6 nitrogen and oxygen atoms in total. The number of hydrogen-bond acceptors (Lipinski definition) is 5. The Morgan fingerprint density at radius 1 is 0.871 bits per heavy atom. The molecule has 0 heterocycles. The quantitative estimate of drug-likeness (QED) is 0.480. The molecule has 0 spiro atoms. The molecule has 2 rings (SSSR count). The van der Waals surface area contributed by atoms with Gasteiger partial charge in [-0.2, -0.15) is 0 Å². The standard InChI is InChI=1S/C25H35NO5/c1-6-14-30-22-12-10-20(17-24(22)31-15-7-2)18(3)26-25(27)13-9-19-8-11-21(28-4)23(16-19)29-5/h8,10-12,16-18H,6-7,9,13-15H2,1-5H3,(H,26,27). The Bertz CT molecular complexity index is 837. The molecule has 0 fully saturated rings. The van der Waals surface area contributed by atoms with Gasteiger partial charge in [0, 0.05) is 6.42 Å². The minimum absolute atomic E-state index is 0.00961. The van der Waals surface area contributed by atoms with Crippen LogP contribution in [0.4, 0.5) is 0 Å². The summed E-state index contributed by atoms with van der Waals surface area (Å²) in [6.07, 6.45) is 2.85. The van der Waals surface area contributed by atoms with E-state index in [0.29, 0.717) is 37.6 Å². The van der Waals surface area contributed by atoms with Crippen molar-refractivity contribution in [2.75, 3.05) is 27.4 Å². The zero-order valence-corrected chi connectivity index (χ0v) is 19.3. The number of benzene rings is 2. The molecule has 1 unspecified atom stereocenters. The van der Waals surface area contributed by atoms with Crippen LogP contribution in [0.5, 0.6) is 23.0 Å². The predicted octanol–water partition coefficient (Wildman–Crippen LogP) is 5.09. The highest BCUT2D eigenvalue weighted by molar-refractivity contribution is 5.76. The Hall–Kier alpha value is -2.89. The van der Waals surface area contributed by atoms with Gasteiger partial charge in [-0.25, -0.2) is 0 Å². The van der Waals surface area contributed by atoms with Crippen molar-refractivity contribution in [2.24, 2.45) is 0 Å². The number of hydrogen-bond donors (Lipinski definition) is 1. The van der Waals surface area contributed by atoms with E-state index in [4.69, 9.17) is 18.9 Å². The number of aryl methyl sites for hydroxylation is 1. The molecule has 0 aliphatic rings. The lowest BCUT2D eigenvalue weighted by atomic mass is 10.1. The van der Waals surface area contributed by atoms with Gasteiger partial charge in [0.2, 0.25) is 5.91 Å². The van der Waals surface area contributed by atoms with E-state index in [0.717, 1.165) is 35.5 Å². The second-order valence-electron chi connectivity index (χ2n) is 7.38. The van der Waals surface area contributed by atoms with Crippen LogP contribution in [-0.4, -0.2) is 33.3 Å². The molecule has 31 heavy (non-hydrogen) atoms. The zero-order valence-electron chi connectivity index (χ0n) is 19.3. The normalized spacial score (nSPS) is 11.5. The van der Waals surface area contributed by atoms with E-state index in [-0.39, 0.29) is 11.9 Å². The van der Waals surface area contributed by atoms with E-state index in [1.165, 1.54) is 0 Å². The van der Waals surface area contributed by atoms with Crippen LogP contribution in [0.15, 0.2) is 36.4 Å². The van der Waals surface area contributed by atoms with Gasteiger partial charge in [0.1, 0.15) is 0 Å². The number of nitrogens with one attached hydrogen (secondary N) is 1. The molecule has 0 saturated heterocycles. The van der Waals surface area contributed by atoms with Gasteiger partial charge in [-0.3, -0.25) is 4.79 Å². The molecule has 2 aromatic rings. The number of carbonyl (C=O) groups is 1. The third-order valence-electron chi connectivity index (χ3n) is 4.86. The van der Waals surface area contributed by atoms with Gasteiger partial charge in [0.15, 0.2) is 23.0 Å². The van der Waals surface area contributed by atoms with Gasteiger partial charge < -0.3 is 24.3 Å². The topological polar surface area (TPSA) is 66.0 Å². The molecule has 0 radical (unpaired) electrons. The van der Waals surface area contributed by atoms with E-state index < -0.39 is 0 Å². The fourth-order valence-corrected chi connectivity index (χ4v) is 3.14. The highest BCUT2D eigenvalue weighted by Gasteiger charge is 2.14. The fourth-order valence-electron chi connectivity index (χ4n) is 3.14. The van der Waals surface area contributed by atoms with E-state index in [1.54, 1.807) is 14.2 Å². The molecule has 2 aromatic carbocycles. The minimum Gasteiger partial charge on any atom is -0.493 e. The lowest BCUT2D eigenvalue weighted by Gasteiger charge is -2.18. The molecule has 1 amide bonds. The first-order valence-electron chi connectivity index (χ1n) is 10.9. The van der Waals surface area contributed by atoms with Crippen molar-refractivity contribution < 1.29 is 23.7 Å². The SMILES string of the molecule is CCCOc1ccc(C(C)NC(=O)CCc2ccc(OC)c(OC)c2)cc1OCCC. The van der Waals surface area contributed by atoms with Crippen LogP contribution in [-0.2, 0) is 11.2 Å². The fraction of sp³-hybridized carbons (Fsp3) is 0.480. The van der Waals surface area contributed by atoms with Gasteiger partial charge in [-0.1, -0.05) is 26.0 Å². The molecule has 1 N–H and O–H groups in total. The average Bonchev–Trinajstić information content (AvgIpc) is 2.79. The molecular formula is C25H35NO5. The van der Waals surface area contributed by atoms with Gasteiger partial charge in [-0.05, 0) is 61.6 Å². The number of carbonyl (C=O) groups excluding carboxylic acids is 1. The summed E-state index contributed by atoms with van der Waals surface area (Å²) in [6.45, 7) is 7.38. The minimum atomic E-state index is -0.137. The maximum absolute atomic E-state index is 12.5. The van der Waals surface area contributed by atoms with Crippen LogP contribution >= 0.6 is 0 Å². The summed E-state index contributed by atoms with van der Waals surface area (Å²) in [4.78, 5) is 12.5. The van der Waals surface area contributed by atoms with Crippen LogP contribution in [0.2, 0.25) is 0 Å². The molecule has 0 aliphatic heterocycles. The zero-order chi connectivity index (χ0) is 22.6. The number of methoxy groups -OCH3 is 2. The predicted molar refractivity (Wildman–Crippen MR) is 122 cm³/mol. The van der Waals surface area contributed by atoms with Crippen molar-refractivity contribution in [1.82, 2.24) is 5.32 Å². The van der Waals surface area contributed by atoms with Gasteiger partial charge in [0.05, 0.1) is 33.5 Å². The third-order valence-corrected chi connectivity index (χ3v) is 4.86. The Morgan fingerprint density at radius 2 is 1.52 bits per heavy atom. The van der Waals surface area contributed by atoms with E-state index in [9.17, 15) is 4.79 Å². The molecule has 0 saturated carbocycles. The highest BCUT2D eigenvalue weighted by atomic mass is 16.5. The first-order chi connectivity index (χ1) is 15.0. The molecule has 1 atom stereocenters. The van der Waals surface area contributed by atoms with Crippen molar-refractivity contribution in [3.05, 3.63) is 47.5 Å². The lowest BCUT2D eigenvalue weighted by Crippen LogP contribution is -2.26. The van der Waals surface area contributed by atoms with Crippen LogP contribution in [0.25, 0.3) is 0 Å². The molecular weight excluding hydrogens is 394 g/mol. The van der Waals surface area contributed by atoms with Crippen LogP contribution in [0.1, 0.15) is 57.2 Å². The molecule has 0 aromatic heterocycles. The molecule has 170 valence electrons. The Morgan fingerprint density at radius 3 is 2.16 bits per heavy atom. The molecule has 0 aliphatic carbocycles. The Labute approximate surface area is 185 Å². The summed E-state index contributed by atoms with van der Waals surface area (Å²) >= 11 is 0. The highest BCUT2D eigenvalue weighted by Crippen LogP contribution is 2.31. The van der Waals surface area contributed by atoms with Crippen LogP contribution in [0, 0.1) is 0 Å². The first kappa shape index (κ1) is 24.4. The number of rotatable bonds is 13. The monoisotopic (exact) mass is 429 g/mol. The maximum Gasteiger partial charge on any atom is 0.220 e. The number of ether oxygens (including phenoxy) is 4. The summed E-state index contributed by atoms with van der Waals surface area (Å²) in [5, 5.41) is 3.07. The van der Waals surface area contributed by atoms with Gasteiger partial charge in [-0.15, -0.1) is 0 Å². The average molecular weight is 430 g/mol. The van der Waals surface area contributed by atoms with Gasteiger partial charge in [0.25, 0.3) is 0 Å². The second kappa shape index (κ2) is 12.7. The van der Waals surface area contributed by atoms with E-state index in [2.05, 4.69) is 19.2 Å². The second-order valence-corrected chi connectivity index (χ2v) is 7.38. The Kier molecular flexibility index (Phi) is 10.0. The van der Waals surface area contributed by atoms with Crippen molar-refractivity contribution in [3.8, 4) is 23.0 Å². The summed E-state index contributed by atoms with van der Waals surface area (Å²) in [6, 6.07) is 11.4. The molecule has 6 heteroatoms.